The highest BCUT2D eigenvalue weighted by Crippen LogP contribution is 2.23. The summed E-state index contributed by atoms with van der Waals surface area (Å²) in [4.78, 5) is 16.5. The number of carbonyl (C=O) groups is 1. The van der Waals surface area contributed by atoms with Gasteiger partial charge in [0.05, 0.1) is 11.4 Å². The molecule has 0 unspecified atom stereocenters. The summed E-state index contributed by atoms with van der Waals surface area (Å²) in [5, 5.41) is 13.3. The van der Waals surface area contributed by atoms with Gasteiger partial charge in [0, 0.05) is 24.5 Å². The van der Waals surface area contributed by atoms with E-state index in [2.05, 4.69) is 42.3 Å². The van der Waals surface area contributed by atoms with Crippen LogP contribution in [0.2, 0.25) is 0 Å². The Morgan fingerprint density at radius 1 is 1.23 bits per heavy atom. The number of carbonyl (C=O) groups excluding carboxylic acids is 1. The van der Waals surface area contributed by atoms with E-state index >= 15 is 0 Å². The van der Waals surface area contributed by atoms with Crippen molar-refractivity contribution >= 4 is 17.7 Å². The first-order chi connectivity index (χ1) is 12.5. The molecular formula is C20H21N3O2S. The van der Waals surface area contributed by atoms with Gasteiger partial charge in [-0.2, -0.15) is 0 Å². The first kappa shape index (κ1) is 18.1. The number of hydrogen-bond acceptors (Lipinski definition) is 4. The first-order valence-corrected chi connectivity index (χ1v) is 9.30. The van der Waals surface area contributed by atoms with Crippen LogP contribution in [0.5, 0.6) is 5.75 Å². The van der Waals surface area contributed by atoms with Gasteiger partial charge in [0.2, 0.25) is 5.91 Å². The predicted molar refractivity (Wildman–Crippen MR) is 104 cm³/mol. The average molecular weight is 367 g/mol. The molecule has 0 saturated carbocycles. The highest BCUT2D eigenvalue weighted by Gasteiger charge is 2.11. The van der Waals surface area contributed by atoms with Crippen LogP contribution in [0.4, 0.5) is 0 Å². The van der Waals surface area contributed by atoms with Crippen LogP contribution in [0, 0.1) is 13.8 Å². The molecule has 2 N–H and O–H groups in total. The molecule has 0 radical (unpaired) electrons. The minimum atomic E-state index is -0.103. The van der Waals surface area contributed by atoms with Crippen LogP contribution in [-0.4, -0.2) is 26.3 Å². The van der Waals surface area contributed by atoms with Crippen molar-refractivity contribution in [1.82, 2.24) is 14.9 Å². The number of aryl methyl sites for hydroxylation is 2. The topological polar surface area (TPSA) is 67.2 Å². The molecule has 26 heavy (non-hydrogen) atoms. The summed E-state index contributed by atoms with van der Waals surface area (Å²) in [6, 6.07) is 13.3. The number of aromatic hydroxyl groups is 1. The van der Waals surface area contributed by atoms with Gasteiger partial charge in [-0.1, -0.05) is 42.1 Å². The number of nitrogens with zero attached hydrogens (tertiary/aromatic N) is 2. The van der Waals surface area contributed by atoms with Crippen molar-refractivity contribution in [3.8, 4) is 11.4 Å². The van der Waals surface area contributed by atoms with E-state index in [9.17, 15) is 9.90 Å². The largest absolute Gasteiger partial charge is 0.508 e. The average Bonchev–Trinajstić information content (AvgIpc) is 3.09. The molecule has 0 atom stereocenters. The maximum absolute atomic E-state index is 12.1. The third-order valence-electron chi connectivity index (χ3n) is 4.03. The molecule has 5 nitrogen and oxygen atoms in total. The van der Waals surface area contributed by atoms with Crippen molar-refractivity contribution in [1.29, 1.82) is 0 Å². The summed E-state index contributed by atoms with van der Waals surface area (Å²) in [5.41, 5.74) is 4.09. The SMILES string of the molecule is Cc1ccc(C)c(-n2ccnc2SCC(=O)NCc2ccccc2O)c1. The Kier molecular flexibility index (Phi) is 5.63. The van der Waals surface area contributed by atoms with Crippen LogP contribution < -0.4 is 5.32 Å². The minimum absolute atomic E-state index is 0.103. The molecule has 3 aromatic rings. The Morgan fingerprint density at radius 2 is 2.04 bits per heavy atom. The molecule has 1 amide bonds. The maximum Gasteiger partial charge on any atom is 0.230 e. The van der Waals surface area contributed by atoms with Crippen LogP contribution in [0.3, 0.4) is 0 Å². The quantitative estimate of drug-likeness (QED) is 0.653. The molecule has 0 spiro atoms. The zero-order valence-corrected chi connectivity index (χ0v) is 15.6. The number of hydrogen-bond donors (Lipinski definition) is 2. The Hall–Kier alpha value is -2.73. The summed E-state index contributed by atoms with van der Waals surface area (Å²) in [5.74, 6) is 0.342. The summed E-state index contributed by atoms with van der Waals surface area (Å²) in [6.45, 7) is 4.42. The number of imidazole rings is 1. The van der Waals surface area contributed by atoms with Gasteiger partial charge in [-0.25, -0.2) is 4.98 Å². The number of thioether (sulfide) groups is 1. The van der Waals surface area contributed by atoms with Crippen molar-refractivity contribution in [2.24, 2.45) is 0 Å². The minimum Gasteiger partial charge on any atom is -0.508 e. The van der Waals surface area contributed by atoms with Gasteiger partial charge < -0.3 is 10.4 Å². The van der Waals surface area contributed by atoms with Crippen molar-refractivity contribution < 1.29 is 9.90 Å². The highest BCUT2D eigenvalue weighted by molar-refractivity contribution is 7.99. The smallest absolute Gasteiger partial charge is 0.230 e. The molecule has 0 bridgehead atoms. The molecule has 1 aromatic heterocycles. The number of aromatic nitrogens is 2. The number of amides is 1. The lowest BCUT2D eigenvalue weighted by molar-refractivity contribution is -0.118. The van der Waals surface area contributed by atoms with Gasteiger partial charge in [0.25, 0.3) is 0 Å². The number of benzene rings is 2. The molecule has 0 saturated heterocycles. The van der Waals surface area contributed by atoms with Crippen molar-refractivity contribution in [2.75, 3.05) is 5.75 Å². The van der Waals surface area contributed by atoms with E-state index in [1.54, 1.807) is 24.4 Å². The van der Waals surface area contributed by atoms with Crippen LogP contribution in [0.1, 0.15) is 16.7 Å². The number of para-hydroxylation sites is 1. The lowest BCUT2D eigenvalue weighted by Crippen LogP contribution is -2.24. The summed E-state index contributed by atoms with van der Waals surface area (Å²) in [6.07, 6.45) is 3.65. The van der Waals surface area contributed by atoms with Crippen LogP contribution in [0.25, 0.3) is 5.69 Å². The second-order valence-corrected chi connectivity index (χ2v) is 7.01. The number of rotatable bonds is 6. The summed E-state index contributed by atoms with van der Waals surface area (Å²) in [7, 11) is 0. The molecule has 134 valence electrons. The van der Waals surface area contributed by atoms with Crippen molar-refractivity contribution in [2.45, 2.75) is 25.5 Å². The zero-order chi connectivity index (χ0) is 18.5. The van der Waals surface area contributed by atoms with Crippen LogP contribution in [-0.2, 0) is 11.3 Å². The van der Waals surface area contributed by atoms with Gasteiger partial charge in [0.15, 0.2) is 5.16 Å². The number of nitrogens with one attached hydrogen (secondary N) is 1. The molecule has 0 aliphatic rings. The number of phenolic OH excluding ortho intramolecular Hbond substituents is 1. The Bertz CT molecular complexity index is 921. The molecule has 1 heterocycles. The van der Waals surface area contributed by atoms with Gasteiger partial charge in [-0.15, -0.1) is 0 Å². The van der Waals surface area contributed by atoms with E-state index in [1.807, 2.05) is 16.8 Å². The van der Waals surface area contributed by atoms with E-state index in [0.29, 0.717) is 12.1 Å². The Morgan fingerprint density at radius 3 is 2.85 bits per heavy atom. The fraction of sp³-hybridized carbons (Fsp3) is 0.200. The fourth-order valence-electron chi connectivity index (χ4n) is 2.59. The van der Waals surface area contributed by atoms with E-state index in [4.69, 9.17) is 0 Å². The monoisotopic (exact) mass is 367 g/mol. The Balaban J connectivity index is 1.62. The molecule has 0 aliphatic heterocycles. The third kappa shape index (κ3) is 4.26. The lowest BCUT2D eigenvalue weighted by Gasteiger charge is -2.11. The van der Waals surface area contributed by atoms with Crippen LogP contribution >= 0.6 is 11.8 Å². The van der Waals surface area contributed by atoms with Crippen LogP contribution in [0.15, 0.2) is 60.0 Å². The number of phenols is 1. The molecule has 0 aliphatic carbocycles. The van der Waals surface area contributed by atoms with Gasteiger partial charge >= 0.3 is 0 Å². The van der Waals surface area contributed by atoms with Gasteiger partial charge in [0.1, 0.15) is 5.75 Å². The molecule has 0 fully saturated rings. The van der Waals surface area contributed by atoms with E-state index in [1.165, 1.54) is 17.3 Å². The predicted octanol–water partition coefficient (Wildman–Crippen LogP) is 3.60. The van der Waals surface area contributed by atoms with Gasteiger partial charge in [-0.05, 0) is 37.1 Å². The normalized spacial score (nSPS) is 10.7. The van der Waals surface area contributed by atoms with E-state index < -0.39 is 0 Å². The summed E-state index contributed by atoms with van der Waals surface area (Å²) >= 11 is 1.39. The lowest BCUT2D eigenvalue weighted by atomic mass is 10.1. The molecular weight excluding hydrogens is 346 g/mol. The standard InChI is InChI=1S/C20H21N3O2S/c1-14-7-8-15(2)17(11-14)23-10-9-21-20(23)26-13-19(25)22-12-16-5-3-4-6-18(16)24/h3-11,24H,12-13H2,1-2H3,(H,22,25). The molecule has 6 heteroatoms. The fourth-order valence-corrected chi connectivity index (χ4v) is 3.39. The molecule has 2 aromatic carbocycles. The highest BCUT2D eigenvalue weighted by atomic mass is 32.2. The Labute approximate surface area is 157 Å². The van der Waals surface area contributed by atoms with Crippen molar-refractivity contribution in [3.05, 3.63) is 71.5 Å². The van der Waals surface area contributed by atoms with E-state index in [0.717, 1.165) is 16.4 Å². The van der Waals surface area contributed by atoms with E-state index in [-0.39, 0.29) is 17.4 Å². The van der Waals surface area contributed by atoms with Crippen molar-refractivity contribution in [3.63, 3.8) is 0 Å². The molecule has 3 rings (SSSR count). The first-order valence-electron chi connectivity index (χ1n) is 8.32. The summed E-state index contributed by atoms with van der Waals surface area (Å²) < 4.78 is 2.00. The van der Waals surface area contributed by atoms with Gasteiger partial charge in [-0.3, -0.25) is 9.36 Å². The zero-order valence-electron chi connectivity index (χ0n) is 14.8. The second kappa shape index (κ2) is 8.10. The third-order valence-corrected chi connectivity index (χ3v) is 5.00. The second-order valence-electron chi connectivity index (χ2n) is 6.06. The maximum atomic E-state index is 12.1.